The monoisotopic (exact) mass is 1010 g/mol. The normalized spacial score (nSPS) is 15.3. The summed E-state index contributed by atoms with van der Waals surface area (Å²) in [5, 5.41) is 0. The Hall–Kier alpha value is -9.41. The van der Waals surface area contributed by atoms with Crippen LogP contribution in [0.2, 0.25) is 0 Å². The van der Waals surface area contributed by atoms with Gasteiger partial charge in [-0.25, -0.2) is 0 Å². The van der Waals surface area contributed by atoms with Crippen LogP contribution < -0.4 is 9.64 Å². The molecule has 12 aromatic carbocycles. The molecule has 0 saturated carbocycles. The summed E-state index contributed by atoms with van der Waals surface area (Å²) in [7, 11) is 0. The maximum atomic E-state index is 6.85. The zero-order valence-electron chi connectivity index (χ0n) is 42.2. The highest BCUT2D eigenvalue weighted by Crippen LogP contribution is 2.68. The molecular weight excluding hydrogens is 963 g/mol. The van der Waals surface area contributed by atoms with Gasteiger partial charge >= 0.3 is 0 Å². The lowest BCUT2D eigenvalue weighted by molar-refractivity contribution is 0.436. The minimum absolute atomic E-state index is 0.517. The minimum atomic E-state index is -0.650. The Labute approximate surface area is 457 Å². The highest BCUT2D eigenvalue weighted by molar-refractivity contribution is 7.99. The lowest BCUT2D eigenvalue weighted by atomic mass is 9.66. The summed E-state index contributed by atoms with van der Waals surface area (Å²) in [6.45, 7) is 0. The van der Waals surface area contributed by atoms with Gasteiger partial charge in [0.05, 0.1) is 21.9 Å². The molecule has 0 saturated heterocycles. The van der Waals surface area contributed by atoms with Gasteiger partial charge in [0.25, 0.3) is 0 Å². The molecule has 12 aromatic rings. The van der Waals surface area contributed by atoms with Crippen LogP contribution in [0.1, 0.15) is 66.8 Å². The van der Waals surface area contributed by atoms with Crippen molar-refractivity contribution in [3.8, 4) is 56.0 Å². The van der Waals surface area contributed by atoms with Crippen molar-refractivity contribution in [2.75, 3.05) is 4.90 Å². The zero-order chi connectivity index (χ0) is 50.9. The van der Waals surface area contributed by atoms with E-state index in [1.54, 1.807) is 0 Å². The zero-order valence-corrected chi connectivity index (χ0v) is 43.1. The van der Waals surface area contributed by atoms with Crippen molar-refractivity contribution in [3.05, 3.63) is 340 Å². The molecule has 78 heavy (non-hydrogen) atoms. The summed E-state index contributed by atoms with van der Waals surface area (Å²) in [4.78, 5) is 5.20. The fourth-order valence-electron chi connectivity index (χ4n) is 15.7. The summed E-state index contributed by atoms with van der Waals surface area (Å²) in [6, 6.07) is 103. The van der Waals surface area contributed by atoms with Crippen molar-refractivity contribution in [1.82, 2.24) is 0 Å². The number of benzene rings is 12. The topological polar surface area (TPSA) is 12.5 Å². The summed E-state index contributed by atoms with van der Waals surface area (Å²) < 4.78 is 6.85. The van der Waals surface area contributed by atoms with Gasteiger partial charge in [-0.2, -0.15) is 0 Å². The van der Waals surface area contributed by atoms with Crippen LogP contribution in [-0.2, 0) is 16.2 Å². The van der Waals surface area contributed by atoms with Gasteiger partial charge in [0, 0.05) is 37.9 Å². The average Bonchev–Trinajstić information content (AvgIpc) is 3.74. The first-order valence-corrected chi connectivity index (χ1v) is 28.0. The number of nitrogens with zero attached hydrogens (tertiary/aromatic N) is 1. The van der Waals surface area contributed by atoms with Crippen LogP contribution in [0.3, 0.4) is 0 Å². The quantitative estimate of drug-likeness (QED) is 0.175. The second-order valence-electron chi connectivity index (χ2n) is 21.7. The van der Waals surface area contributed by atoms with Gasteiger partial charge in [0.15, 0.2) is 0 Å². The molecule has 0 radical (unpaired) electrons. The van der Waals surface area contributed by atoms with E-state index < -0.39 is 16.2 Å². The van der Waals surface area contributed by atoms with E-state index in [9.17, 15) is 0 Å². The fraction of sp³-hybridized carbons (Fsp3) is 0.0400. The van der Waals surface area contributed by atoms with Crippen molar-refractivity contribution in [2.45, 2.75) is 26.0 Å². The van der Waals surface area contributed by atoms with E-state index in [-0.39, 0.29) is 0 Å². The molecule has 0 unspecified atom stereocenters. The van der Waals surface area contributed by atoms with Crippen LogP contribution in [0.5, 0.6) is 11.5 Å². The summed E-state index contributed by atoms with van der Waals surface area (Å²) in [5.74, 6) is 1.77. The van der Waals surface area contributed by atoms with Crippen LogP contribution in [-0.4, -0.2) is 0 Å². The Bertz CT molecular complexity index is 4290. The molecule has 2 heterocycles. The first-order valence-electron chi connectivity index (χ1n) is 27.2. The van der Waals surface area contributed by atoms with Gasteiger partial charge in [0.1, 0.15) is 11.5 Å². The molecule has 362 valence electrons. The van der Waals surface area contributed by atoms with Gasteiger partial charge in [-0.15, -0.1) is 0 Å². The molecule has 18 rings (SSSR count). The third-order valence-corrected chi connectivity index (χ3v) is 19.6. The van der Waals surface area contributed by atoms with Crippen molar-refractivity contribution in [1.29, 1.82) is 0 Å². The Kier molecular flexibility index (Phi) is 8.43. The molecule has 2 aliphatic heterocycles. The van der Waals surface area contributed by atoms with E-state index in [4.69, 9.17) is 4.74 Å². The van der Waals surface area contributed by atoms with E-state index >= 15 is 0 Å². The average molecular weight is 1010 g/mol. The number of anilines is 3. The van der Waals surface area contributed by atoms with Crippen LogP contribution in [0.25, 0.3) is 44.5 Å². The maximum Gasteiger partial charge on any atom is 0.132 e. The number of hydrogen-bond donors (Lipinski definition) is 0. The SMILES string of the molecule is c1ccc2c(c1)Oc1ccccc1C21c2ccccc2-c2ccc(N(c3ccc4c(c3)C3(c5ccccc5Sc5ccccc53)c3ccccc3-4)c3cccc4c3-c3ccccc3C43c4ccccc4-c4ccccc43)cc21. The van der Waals surface area contributed by atoms with Crippen LogP contribution >= 0.6 is 11.8 Å². The van der Waals surface area contributed by atoms with E-state index in [2.05, 4.69) is 278 Å². The predicted octanol–water partition coefficient (Wildman–Crippen LogP) is 18.8. The lowest BCUT2D eigenvalue weighted by Crippen LogP contribution is -2.32. The van der Waals surface area contributed by atoms with E-state index in [1.807, 2.05) is 11.8 Å². The predicted molar refractivity (Wildman–Crippen MR) is 316 cm³/mol. The molecule has 0 fully saturated rings. The van der Waals surface area contributed by atoms with Gasteiger partial charge < -0.3 is 9.64 Å². The molecule has 0 aromatic heterocycles. The standard InChI is InChI=1S/C75H45NOS/c1-6-25-55-48(20-1)49-21-2-7-26-56(49)73(55)59-29-10-5-24-54(59)72-64(73)34-19-35-67(72)76(46-40-42-52-50-22-3-8-27-57(50)74(65(52)44-46)60-30-11-15-36-68(60)77-69-37-16-12-31-61(69)74)47-41-43-53-51-23-4-9-28-58(51)75(66(53)45-47)62-32-13-17-38-70(62)78-71-39-18-14-33-63(71)75/h1-45H. The third-order valence-electron chi connectivity index (χ3n) is 18.4. The lowest BCUT2D eigenvalue weighted by Gasteiger charge is -2.40. The third kappa shape index (κ3) is 5.07. The molecule has 0 atom stereocenters. The van der Waals surface area contributed by atoms with E-state index in [1.165, 1.54) is 110 Å². The summed E-state index contributed by atoms with van der Waals surface area (Å²) >= 11 is 1.89. The van der Waals surface area contributed by atoms with Crippen LogP contribution in [0.4, 0.5) is 17.1 Å². The molecular formula is C75H45NOS. The van der Waals surface area contributed by atoms with Crippen molar-refractivity contribution < 1.29 is 4.74 Å². The number of para-hydroxylation sites is 2. The van der Waals surface area contributed by atoms with Gasteiger partial charge in [0.2, 0.25) is 0 Å². The van der Waals surface area contributed by atoms with Crippen molar-refractivity contribution in [2.24, 2.45) is 0 Å². The maximum absolute atomic E-state index is 6.85. The highest BCUT2D eigenvalue weighted by Gasteiger charge is 2.55. The Morgan fingerprint density at radius 1 is 0.256 bits per heavy atom. The summed E-state index contributed by atoms with van der Waals surface area (Å²) in [6.07, 6.45) is 0. The number of ether oxygens (including phenoxy) is 1. The first kappa shape index (κ1) is 42.8. The second kappa shape index (κ2) is 15.4. The minimum Gasteiger partial charge on any atom is -0.457 e. The Balaban J connectivity index is 0.962. The Morgan fingerprint density at radius 2 is 0.590 bits per heavy atom. The second-order valence-corrected chi connectivity index (χ2v) is 22.7. The molecule has 0 N–H and O–H groups in total. The van der Waals surface area contributed by atoms with Crippen LogP contribution in [0, 0.1) is 0 Å². The fourth-order valence-corrected chi connectivity index (χ4v) is 16.9. The summed E-state index contributed by atoms with van der Waals surface area (Å²) in [5.41, 5.74) is 27.1. The van der Waals surface area contributed by atoms with Crippen molar-refractivity contribution in [3.63, 3.8) is 0 Å². The van der Waals surface area contributed by atoms with Crippen molar-refractivity contribution >= 4 is 28.8 Å². The van der Waals surface area contributed by atoms with E-state index in [0.29, 0.717) is 0 Å². The Morgan fingerprint density at radius 3 is 1.06 bits per heavy atom. The smallest absolute Gasteiger partial charge is 0.132 e. The number of rotatable bonds is 3. The molecule has 0 amide bonds. The van der Waals surface area contributed by atoms with Crippen LogP contribution in [0.15, 0.2) is 283 Å². The number of hydrogen-bond acceptors (Lipinski definition) is 3. The largest absolute Gasteiger partial charge is 0.457 e. The number of fused-ring (bicyclic) bond motifs is 28. The van der Waals surface area contributed by atoms with Gasteiger partial charge in [-0.3, -0.25) is 0 Å². The highest BCUT2D eigenvalue weighted by atomic mass is 32.2. The van der Waals surface area contributed by atoms with E-state index in [0.717, 1.165) is 39.7 Å². The van der Waals surface area contributed by atoms with Gasteiger partial charge in [-0.05, 0) is 149 Å². The molecule has 6 aliphatic rings. The molecule has 3 heteroatoms. The molecule has 3 spiro atoms. The van der Waals surface area contributed by atoms with Gasteiger partial charge in [-0.1, -0.05) is 230 Å². The molecule has 4 aliphatic carbocycles. The molecule has 2 nitrogen and oxygen atoms in total. The molecule has 0 bridgehead atoms. The first-order chi connectivity index (χ1) is 38.7.